The van der Waals surface area contributed by atoms with Crippen molar-refractivity contribution in [2.75, 3.05) is 7.05 Å². The summed E-state index contributed by atoms with van der Waals surface area (Å²) >= 11 is 0. The van der Waals surface area contributed by atoms with Gasteiger partial charge in [0.25, 0.3) is 0 Å². The molecule has 1 heterocycles. The number of carbonyl (C=O) groups is 3. The molecule has 0 saturated carbocycles. The summed E-state index contributed by atoms with van der Waals surface area (Å²) in [7, 11) is -2.60. The smallest absolute Gasteiger partial charge is 0.407 e. The minimum atomic E-state index is -3.93. The molecule has 1 atom stereocenters. The Balaban J connectivity index is 2.06. The molecule has 29 heavy (non-hydrogen) atoms. The molecule has 2 N–H and O–H groups in total. The van der Waals surface area contributed by atoms with E-state index in [2.05, 4.69) is 10.6 Å². The number of ether oxygens (including phenoxy) is 1. The summed E-state index contributed by atoms with van der Waals surface area (Å²) in [6.07, 6.45) is 0.320. The number of hydrogen-bond acceptors (Lipinski definition) is 6. The van der Waals surface area contributed by atoms with Crippen LogP contribution >= 0.6 is 0 Å². The van der Waals surface area contributed by atoms with Crippen LogP contribution in [0.5, 0.6) is 0 Å². The number of nitrogens with one attached hydrogen (secondary N) is 2. The Morgan fingerprint density at radius 1 is 1.24 bits per heavy atom. The van der Waals surface area contributed by atoms with Crippen molar-refractivity contribution >= 4 is 27.9 Å². The van der Waals surface area contributed by atoms with Gasteiger partial charge in [-0.15, -0.1) is 0 Å². The summed E-state index contributed by atoms with van der Waals surface area (Å²) in [6, 6.07) is 5.04. The number of hydrogen-bond donors (Lipinski definition) is 2. The van der Waals surface area contributed by atoms with Crippen molar-refractivity contribution in [2.45, 2.75) is 63.1 Å². The number of carbonyl (C=O) groups excluding carboxylic acids is 3. The van der Waals surface area contributed by atoms with Crippen molar-refractivity contribution in [3.63, 3.8) is 0 Å². The molecule has 0 radical (unpaired) electrons. The fourth-order valence-electron chi connectivity index (χ4n) is 2.82. The third kappa shape index (κ3) is 6.26. The SMILES string of the molecule is CN(C1CCCC(=O)NC1=O)S(=O)(=O)c1ccc(CNC(=O)OC(C)(C)C)cc1. The van der Waals surface area contributed by atoms with Crippen LogP contribution in [0.2, 0.25) is 0 Å². The van der Waals surface area contributed by atoms with Crippen molar-refractivity contribution in [1.82, 2.24) is 14.9 Å². The molecule has 1 aliphatic rings. The molecule has 9 nitrogen and oxygen atoms in total. The average Bonchev–Trinajstić information content (AvgIpc) is 2.78. The topological polar surface area (TPSA) is 122 Å². The van der Waals surface area contributed by atoms with Gasteiger partial charge in [0.05, 0.1) is 4.90 Å². The molecule has 10 heteroatoms. The van der Waals surface area contributed by atoms with Gasteiger partial charge in [-0.3, -0.25) is 14.9 Å². The van der Waals surface area contributed by atoms with Crippen molar-refractivity contribution < 1.29 is 27.5 Å². The van der Waals surface area contributed by atoms with Crippen molar-refractivity contribution in [1.29, 1.82) is 0 Å². The maximum atomic E-state index is 12.9. The van der Waals surface area contributed by atoms with Crippen LogP contribution in [-0.2, 0) is 30.9 Å². The zero-order chi connectivity index (χ0) is 21.8. The normalized spacial score (nSPS) is 18.2. The number of sulfonamides is 1. The molecule has 1 aliphatic heterocycles. The lowest BCUT2D eigenvalue weighted by atomic mass is 10.1. The van der Waals surface area contributed by atoms with Crippen molar-refractivity contribution in [2.24, 2.45) is 0 Å². The van der Waals surface area contributed by atoms with E-state index in [-0.39, 0.29) is 24.3 Å². The molecule has 0 aliphatic carbocycles. The Morgan fingerprint density at radius 3 is 2.45 bits per heavy atom. The molecule has 1 saturated heterocycles. The Kier molecular flexibility index (Phi) is 7.02. The zero-order valence-electron chi connectivity index (χ0n) is 17.0. The molecule has 1 aromatic rings. The maximum Gasteiger partial charge on any atom is 0.407 e. The first-order valence-corrected chi connectivity index (χ1v) is 10.7. The largest absolute Gasteiger partial charge is 0.444 e. The van der Waals surface area contributed by atoms with Crippen LogP contribution in [-0.4, -0.2) is 49.3 Å². The zero-order valence-corrected chi connectivity index (χ0v) is 17.8. The molecule has 1 fully saturated rings. The highest BCUT2D eigenvalue weighted by molar-refractivity contribution is 7.89. The predicted molar refractivity (Wildman–Crippen MR) is 105 cm³/mol. The molecular weight excluding hydrogens is 398 g/mol. The first-order valence-electron chi connectivity index (χ1n) is 9.28. The van der Waals surface area contributed by atoms with E-state index in [4.69, 9.17) is 4.74 Å². The highest BCUT2D eigenvalue weighted by Crippen LogP contribution is 2.21. The summed E-state index contributed by atoms with van der Waals surface area (Å²) in [6.45, 7) is 5.45. The highest BCUT2D eigenvalue weighted by atomic mass is 32.2. The van der Waals surface area contributed by atoms with Crippen LogP contribution in [0.1, 0.15) is 45.6 Å². The van der Waals surface area contributed by atoms with Gasteiger partial charge in [0.1, 0.15) is 11.6 Å². The quantitative estimate of drug-likeness (QED) is 0.690. The second-order valence-corrected chi connectivity index (χ2v) is 9.84. The Bertz CT molecular complexity index is 874. The maximum absolute atomic E-state index is 12.9. The van der Waals surface area contributed by atoms with Crippen molar-refractivity contribution in [3.8, 4) is 0 Å². The fourth-order valence-corrected chi connectivity index (χ4v) is 4.17. The number of alkyl carbamates (subject to hydrolysis) is 1. The van der Waals surface area contributed by atoms with Crippen LogP contribution < -0.4 is 10.6 Å². The molecule has 160 valence electrons. The van der Waals surface area contributed by atoms with Gasteiger partial charge in [-0.05, 0) is 51.3 Å². The summed E-state index contributed by atoms with van der Waals surface area (Å²) in [5.74, 6) is -1.01. The van der Waals surface area contributed by atoms with E-state index in [0.29, 0.717) is 12.0 Å². The van der Waals surface area contributed by atoms with E-state index in [1.54, 1.807) is 32.9 Å². The predicted octanol–water partition coefficient (Wildman–Crippen LogP) is 1.53. The monoisotopic (exact) mass is 425 g/mol. The van der Waals surface area contributed by atoms with Gasteiger partial charge in [0.15, 0.2) is 0 Å². The Hall–Kier alpha value is -2.46. The van der Waals surface area contributed by atoms with Gasteiger partial charge in [-0.1, -0.05) is 12.1 Å². The molecule has 3 amide bonds. The van der Waals surface area contributed by atoms with Gasteiger partial charge in [0.2, 0.25) is 21.8 Å². The van der Waals surface area contributed by atoms with Gasteiger partial charge in [0, 0.05) is 20.0 Å². The lowest BCUT2D eigenvalue weighted by Gasteiger charge is -2.25. The highest BCUT2D eigenvalue weighted by Gasteiger charge is 2.34. The van der Waals surface area contributed by atoms with Crippen LogP contribution in [0, 0.1) is 0 Å². The molecule has 0 spiro atoms. The Labute approximate surface area is 170 Å². The van der Waals surface area contributed by atoms with E-state index < -0.39 is 39.6 Å². The standard InChI is InChI=1S/C19H27N3O6S/c1-19(2,3)28-18(25)20-12-13-8-10-14(11-9-13)29(26,27)22(4)15-6-5-7-16(23)21-17(15)24/h8-11,15H,5-7,12H2,1-4H3,(H,20,25)(H,21,23,24). The van der Waals surface area contributed by atoms with Crippen LogP contribution in [0.25, 0.3) is 0 Å². The van der Waals surface area contributed by atoms with Crippen LogP contribution in [0.3, 0.4) is 0 Å². The summed E-state index contributed by atoms with van der Waals surface area (Å²) < 4.78 is 31.9. The third-order valence-corrected chi connectivity index (χ3v) is 6.20. The number of likely N-dealkylation sites (N-methyl/N-ethyl adjacent to an activating group) is 1. The van der Waals surface area contributed by atoms with E-state index in [1.165, 1.54) is 19.2 Å². The van der Waals surface area contributed by atoms with Crippen LogP contribution in [0.15, 0.2) is 29.2 Å². The summed E-state index contributed by atoms with van der Waals surface area (Å²) in [4.78, 5) is 35.3. The molecule has 0 aromatic heterocycles. The third-order valence-electron chi connectivity index (χ3n) is 4.32. The number of nitrogens with zero attached hydrogens (tertiary/aromatic N) is 1. The molecule has 1 aromatic carbocycles. The second-order valence-electron chi connectivity index (χ2n) is 7.84. The fraction of sp³-hybridized carbons (Fsp3) is 0.526. The van der Waals surface area contributed by atoms with Gasteiger partial charge in [-0.25, -0.2) is 13.2 Å². The minimum Gasteiger partial charge on any atom is -0.444 e. The van der Waals surface area contributed by atoms with E-state index in [1.807, 2.05) is 0 Å². The van der Waals surface area contributed by atoms with E-state index in [0.717, 1.165) is 4.31 Å². The molecule has 1 unspecified atom stereocenters. The van der Waals surface area contributed by atoms with Crippen LogP contribution in [0.4, 0.5) is 4.79 Å². The molecule has 0 bridgehead atoms. The summed E-state index contributed by atoms with van der Waals surface area (Å²) in [5, 5.41) is 4.81. The van der Waals surface area contributed by atoms with Gasteiger partial charge >= 0.3 is 6.09 Å². The lowest BCUT2D eigenvalue weighted by molar-refractivity contribution is -0.131. The number of imide groups is 1. The first kappa shape index (κ1) is 22.8. The second kappa shape index (κ2) is 8.91. The minimum absolute atomic E-state index is 0.0180. The lowest BCUT2D eigenvalue weighted by Crippen LogP contribution is -2.47. The Morgan fingerprint density at radius 2 is 1.86 bits per heavy atom. The summed E-state index contributed by atoms with van der Waals surface area (Å²) in [5.41, 5.74) is 0.0804. The van der Waals surface area contributed by atoms with E-state index in [9.17, 15) is 22.8 Å². The number of benzene rings is 1. The van der Waals surface area contributed by atoms with Gasteiger partial charge < -0.3 is 10.1 Å². The number of rotatable bonds is 5. The van der Waals surface area contributed by atoms with E-state index >= 15 is 0 Å². The van der Waals surface area contributed by atoms with Crippen molar-refractivity contribution in [3.05, 3.63) is 29.8 Å². The molecule has 2 rings (SSSR count). The average molecular weight is 426 g/mol. The van der Waals surface area contributed by atoms with Gasteiger partial charge in [-0.2, -0.15) is 4.31 Å². The number of amides is 3. The molecular formula is C19H27N3O6S. The first-order chi connectivity index (χ1) is 13.4.